The molecule has 1 rings (SSSR count). The number of hydrogen-bond donors (Lipinski definition) is 0. The van der Waals surface area contributed by atoms with Crippen LogP contribution in [0.4, 0.5) is 0 Å². The van der Waals surface area contributed by atoms with Crippen LogP contribution in [-0.2, 0) is 28.4 Å². The molecule has 0 aromatic carbocycles. The smallest absolute Gasteiger partial charge is 0.186 e. The molecule has 1 aliphatic rings. The Balaban J connectivity index is 3.45. The first-order valence-electron chi connectivity index (χ1n) is 25.3. The fourth-order valence-corrected chi connectivity index (χ4v) is 7.80. The van der Waals surface area contributed by atoms with Crippen LogP contribution in [0.25, 0.3) is 0 Å². The summed E-state index contributed by atoms with van der Waals surface area (Å²) in [5, 5.41) is 0. The quantitative estimate of drug-likeness (QED) is 0.0462. The van der Waals surface area contributed by atoms with Gasteiger partial charge in [0.15, 0.2) is 6.29 Å². The van der Waals surface area contributed by atoms with E-state index in [4.69, 9.17) is 28.4 Å². The van der Waals surface area contributed by atoms with Crippen LogP contribution in [0, 0.1) is 29.6 Å². The summed E-state index contributed by atoms with van der Waals surface area (Å²) in [6.45, 7) is 37.2. The lowest BCUT2D eigenvalue weighted by molar-refractivity contribution is -0.324. The minimum Gasteiger partial charge on any atom is -0.379 e. The molecule has 1 aliphatic heterocycles. The van der Waals surface area contributed by atoms with Crippen LogP contribution in [0.5, 0.6) is 0 Å². The number of hydrogen-bond acceptors (Lipinski definition) is 6. The molecule has 0 radical (unpaired) electrons. The van der Waals surface area contributed by atoms with E-state index in [0.717, 1.165) is 89.9 Å². The van der Waals surface area contributed by atoms with Gasteiger partial charge in [-0.3, -0.25) is 0 Å². The Kier molecular flexibility index (Phi) is 33.7. The Morgan fingerprint density at radius 1 is 0.371 bits per heavy atom. The summed E-state index contributed by atoms with van der Waals surface area (Å²) >= 11 is 0. The number of allylic oxidation sites excluding steroid dienone is 10. The fourth-order valence-electron chi connectivity index (χ4n) is 7.80. The van der Waals surface area contributed by atoms with E-state index in [1.54, 1.807) is 0 Å². The molecule has 0 saturated carbocycles. The summed E-state index contributed by atoms with van der Waals surface area (Å²) in [7, 11) is 0. The highest BCUT2D eigenvalue weighted by Crippen LogP contribution is 2.32. The van der Waals surface area contributed by atoms with Crippen molar-refractivity contribution >= 4 is 0 Å². The van der Waals surface area contributed by atoms with Gasteiger partial charge in [-0.25, -0.2) is 0 Å². The average Bonchev–Trinajstić information content (AvgIpc) is 3.17. The Bertz CT molecular complexity index is 1260. The van der Waals surface area contributed by atoms with E-state index in [1.165, 1.54) is 34.3 Å². The van der Waals surface area contributed by atoms with Crippen molar-refractivity contribution in [2.24, 2.45) is 29.6 Å². The van der Waals surface area contributed by atoms with Gasteiger partial charge in [-0.05, 0) is 195 Å². The van der Waals surface area contributed by atoms with E-state index in [0.29, 0.717) is 69.2 Å². The van der Waals surface area contributed by atoms with Crippen molar-refractivity contribution in [3.05, 3.63) is 58.2 Å². The lowest BCUT2D eigenvalue weighted by Gasteiger charge is -2.46. The fraction of sp³-hybridized carbons (Fsp3) is 0.821. The molecule has 62 heavy (non-hydrogen) atoms. The maximum Gasteiger partial charge on any atom is 0.186 e. The van der Waals surface area contributed by atoms with E-state index >= 15 is 0 Å². The highest BCUT2D eigenvalue weighted by atomic mass is 16.7. The van der Waals surface area contributed by atoms with Gasteiger partial charge in [-0.15, -0.1) is 0 Å². The molecule has 0 N–H and O–H groups in total. The van der Waals surface area contributed by atoms with Gasteiger partial charge in [0, 0.05) is 26.4 Å². The van der Waals surface area contributed by atoms with Crippen LogP contribution in [0.3, 0.4) is 0 Å². The van der Waals surface area contributed by atoms with Crippen molar-refractivity contribution in [1.82, 2.24) is 0 Å². The Hall–Kier alpha value is -1.54. The molecule has 362 valence electrons. The average molecular weight is 871 g/mol. The molecular weight excluding hydrogens is 769 g/mol. The molecule has 0 aliphatic carbocycles. The van der Waals surface area contributed by atoms with Crippen molar-refractivity contribution < 1.29 is 28.4 Å². The molecule has 0 spiro atoms. The summed E-state index contributed by atoms with van der Waals surface area (Å²) in [5.41, 5.74) is 6.91. The lowest BCUT2D eigenvalue weighted by Crippen LogP contribution is -2.62. The number of rotatable bonds is 36. The molecule has 6 unspecified atom stereocenters. The van der Waals surface area contributed by atoms with Crippen molar-refractivity contribution in [2.45, 2.75) is 231 Å². The van der Waals surface area contributed by atoms with Gasteiger partial charge in [0.25, 0.3) is 0 Å². The minimum absolute atomic E-state index is 0.333. The predicted octanol–water partition coefficient (Wildman–Crippen LogP) is 15.8. The second kappa shape index (κ2) is 35.7. The largest absolute Gasteiger partial charge is 0.379 e. The lowest BCUT2D eigenvalue weighted by atomic mass is 9.96. The summed E-state index contributed by atoms with van der Waals surface area (Å²) in [4.78, 5) is 0. The Labute approximate surface area is 385 Å². The normalized spacial score (nSPS) is 21.3. The molecule has 1 fully saturated rings. The van der Waals surface area contributed by atoms with E-state index in [1.807, 2.05) is 0 Å². The van der Waals surface area contributed by atoms with Crippen LogP contribution in [0.2, 0.25) is 0 Å². The predicted molar refractivity (Wildman–Crippen MR) is 267 cm³/mol. The molecule has 0 bridgehead atoms. The first kappa shape index (κ1) is 58.5. The summed E-state index contributed by atoms with van der Waals surface area (Å²) in [5.74, 6) is 2.77. The first-order chi connectivity index (χ1) is 29.5. The van der Waals surface area contributed by atoms with E-state index in [-0.39, 0.29) is 18.3 Å². The minimum atomic E-state index is -0.569. The second-order valence-corrected chi connectivity index (χ2v) is 20.8. The molecule has 0 aromatic rings. The third-order valence-electron chi connectivity index (χ3n) is 12.3. The van der Waals surface area contributed by atoms with E-state index < -0.39 is 12.4 Å². The molecule has 1 saturated heterocycles. The van der Waals surface area contributed by atoms with E-state index in [2.05, 4.69) is 134 Å². The molecular formula is C56H102O6. The second-order valence-electron chi connectivity index (χ2n) is 20.8. The molecule has 6 nitrogen and oxygen atoms in total. The molecule has 0 amide bonds. The summed E-state index contributed by atoms with van der Waals surface area (Å²) in [6, 6.07) is 0. The highest BCUT2D eigenvalue weighted by molar-refractivity contribution is 4.97. The van der Waals surface area contributed by atoms with Crippen LogP contribution >= 0.6 is 0 Å². The van der Waals surface area contributed by atoms with Gasteiger partial charge in [0.05, 0.1) is 13.2 Å². The maximum atomic E-state index is 7.07. The van der Waals surface area contributed by atoms with Gasteiger partial charge in [-0.1, -0.05) is 92.9 Å². The van der Waals surface area contributed by atoms with Gasteiger partial charge < -0.3 is 28.4 Å². The Morgan fingerprint density at radius 3 is 1.00 bits per heavy atom. The standard InChI is InChI=1S/C56H102O6/c1-42(2)21-16-26-47(11)31-36-57-41-52-53(58-37-32-48(12)27-17-22-43(3)4)54(59-38-33-49(13)28-18-23-44(5)6)55(60-39-34-50(14)29-19-24-45(7)8)56(62-52)61-40-35-51(15)30-20-25-46(9)10/h21-25,47-56H,16-20,26-41H2,1-15H3/t47?,48?,49?,50?,51?,52-,53-,54+,55-,56?/m1/s1. The first-order valence-corrected chi connectivity index (χ1v) is 25.3. The highest BCUT2D eigenvalue weighted by Gasteiger charge is 2.49. The zero-order valence-electron chi connectivity index (χ0n) is 43.5. The molecule has 10 atom stereocenters. The van der Waals surface area contributed by atoms with Crippen molar-refractivity contribution in [3.63, 3.8) is 0 Å². The van der Waals surface area contributed by atoms with Crippen molar-refractivity contribution in [2.75, 3.05) is 39.6 Å². The SMILES string of the molecule is CC(C)=CCCC(C)CCOC[C@H]1OC(OCCC(C)CCC=C(C)C)[C@H](OCCC(C)CCC=C(C)C)[C@@H](OCCC(C)CCC=C(C)C)[C@@H]1OCCC(C)CCC=C(C)C. The van der Waals surface area contributed by atoms with Crippen LogP contribution in [0.1, 0.15) is 200 Å². The van der Waals surface area contributed by atoms with E-state index in [9.17, 15) is 0 Å². The van der Waals surface area contributed by atoms with Gasteiger partial charge in [0.2, 0.25) is 0 Å². The molecule has 6 heteroatoms. The van der Waals surface area contributed by atoms with Crippen molar-refractivity contribution in [1.29, 1.82) is 0 Å². The summed E-state index contributed by atoms with van der Waals surface area (Å²) < 4.78 is 41.3. The molecule has 0 aromatic heterocycles. The van der Waals surface area contributed by atoms with Gasteiger partial charge in [0.1, 0.15) is 24.4 Å². The van der Waals surface area contributed by atoms with Gasteiger partial charge in [-0.2, -0.15) is 0 Å². The monoisotopic (exact) mass is 871 g/mol. The molecule has 1 heterocycles. The third-order valence-corrected chi connectivity index (χ3v) is 12.3. The number of ether oxygens (including phenoxy) is 6. The third kappa shape index (κ3) is 30.6. The van der Waals surface area contributed by atoms with Crippen LogP contribution in [0.15, 0.2) is 58.2 Å². The topological polar surface area (TPSA) is 55.4 Å². The van der Waals surface area contributed by atoms with Crippen molar-refractivity contribution in [3.8, 4) is 0 Å². The summed E-state index contributed by atoms with van der Waals surface area (Å²) in [6.07, 6.45) is 26.0. The zero-order chi connectivity index (χ0) is 46.3. The Morgan fingerprint density at radius 2 is 0.661 bits per heavy atom. The zero-order valence-corrected chi connectivity index (χ0v) is 43.5. The van der Waals surface area contributed by atoms with Gasteiger partial charge >= 0.3 is 0 Å². The van der Waals surface area contributed by atoms with Crippen LogP contribution in [-0.4, -0.2) is 70.3 Å². The van der Waals surface area contributed by atoms with Crippen LogP contribution < -0.4 is 0 Å². The maximum absolute atomic E-state index is 7.07.